The number of anilines is 1. The number of pyridine rings is 1. The highest BCUT2D eigenvalue weighted by atomic mass is 19.1. The number of rotatable bonds is 11. The van der Waals surface area contributed by atoms with Crippen LogP contribution in [0, 0.1) is 0 Å². The number of likely N-dealkylation sites (tertiary alicyclic amines) is 1. The summed E-state index contributed by atoms with van der Waals surface area (Å²) in [6.45, 7) is 6.10. The number of nitrogens with one attached hydrogen (secondary N) is 1. The van der Waals surface area contributed by atoms with E-state index in [0.717, 1.165) is 79.0 Å². The van der Waals surface area contributed by atoms with E-state index in [-0.39, 0.29) is 6.10 Å². The Morgan fingerprint density at radius 3 is 2.95 bits per heavy atom. The molecule has 2 unspecified atom stereocenters. The van der Waals surface area contributed by atoms with Crippen LogP contribution >= 0.6 is 0 Å². The molecule has 1 fully saturated rings. The molecule has 0 radical (unpaired) electrons. The highest BCUT2D eigenvalue weighted by molar-refractivity contribution is 5.76. The second kappa shape index (κ2) is 12.4. The van der Waals surface area contributed by atoms with Crippen molar-refractivity contribution >= 4 is 11.8 Å². The van der Waals surface area contributed by atoms with Crippen LogP contribution in [0.15, 0.2) is 24.3 Å². The van der Waals surface area contributed by atoms with Crippen molar-refractivity contribution in [1.82, 2.24) is 9.88 Å². The number of aromatic nitrogens is 1. The van der Waals surface area contributed by atoms with Gasteiger partial charge < -0.3 is 24.6 Å². The molecule has 2 aromatic rings. The Morgan fingerprint density at radius 2 is 2.17 bits per heavy atom. The topological polar surface area (TPSA) is 93.2 Å². The smallest absolute Gasteiger partial charge is 0.325 e. The van der Waals surface area contributed by atoms with E-state index in [1.54, 1.807) is 7.11 Å². The van der Waals surface area contributed by atoms with Gasteiger partial charge in [-0.05, 0) is 69.1 Å². The lowest BCUT2D eigenvalue weighted by molar-refractivity contribution is -0.143. The van der Waals surface area contributed by atoms with Crippen molar-refractivity contribution in [3.05, 3.63) is 52.2 Å². The number of carbonyl (C=O) groups is 1. The Balaban J connectivity index is 1.14. The first kappa shape index (κ1) is 28.8. The molecule has 1 aromatic carbocycles. The standard InChI is InChI=1S/C31H42FN3O5/c1-31(2,32)27-17-25-20(19-40-27)8-6-10-23(25)28(30(36)37)35-14-12-22(18-35)39-15-5-4-9-21-16-26(38-3)24-11-7-13-33-29(24)34-21/h6,8,10,16,22,27-28H,4-5,7,9,11-15,17-19H2,1-3H3,(H,33,34)(H,36,37)/t22-,27?,28?/m1/s1. The maximum absolute atomic E-state index is 14.7. The molecule has 40 heavy (non-hydrogen) atoms. The number of fused-ring (bicyclic) bond motifs is 2. The average molecular weight is 556 g/mol. The number of hydrogen-bond donors (Lipinski definition) is 2. The number of ether oxygens (including phenoxy) is 3. The molecular weight excluding hydrogens is 513 g/mol. The first-order valence-electron chi connectivity index (χ1n) is 14.5. The first-order valence-corrected chi connectivity index (χ1v) is 14.5. The molecule has 0 aliphatic carbocycles. The summed E-state index contributed by atoms with van der Waals surface area (Å²) in [4.78, 5) is 19.3. The Bertz CT molecular complexity index is 1180. The normalized spacial score (nSPS) is 21.8. The van der Waals surface area contributed by atoms with Crippen LogP contribution in [0.1, 0.15) is 73.5 Å². The van der Waals surface area contributed by atoms with E-state index in [0.29, 0.717) is 32.7 Å². The third kappa shape index (κ3) is 6.42. The van der Waals surface area contributed by atoms with Gasteiger partial charge >= 0.3 is 5.97 Å². The summed E-state index contributed by atoms with van der Waals surface area (Å²) in [5.41, 5.74) is 3.28. The summed E-state index contributed by atoms with van der Waals surface area (Å²) >= 11 is 0. The number of nitrogens with zero attached hydrogens (tertiary/aromatic N) is 2. The Labute approximate surface area is 236 Å². The monoisotopic (exact) mass is 555 g/mol. The molecule has 0 spiro atoms. The molecule has 0 bridgehead atoms. The largest absolute Gasteiger partial charge is 0.496 e. The van der Waals surface area contributed by atoms with Crippen LogP contribution < -0.4 is 10.1 Å². The van der Waals surface area contributed by atoms with Gasteiger partial charge in [0, 0.05) is 50.0 Å². The van der Waals surface area contributed by atoms with Gasteiger partial charge in [-0.2, -0.15) is 0 Å². The van der Waals surface area contributed by atoms with E-state index in [1.807, 2.05) is 23.1 Å². The molecule has 9 heteroatoms. The van der Waals surface area contributed by atoms with Gasteiger partial charge in [0.15, 0.2) is 0 Å². The van der Waals surface area contributed by atoms with Crippen molar-refractivity contribution in [2.24, 2.45) is 0 Å². The van der Waals surface area contributed by atoms with Crippen molar-refractivity contribution in [2.45, 2.75) is 89.3 Å². The molecule has 0 amide bonds. The highest BCUT2D eigenvalue weighted by Gasteiger charge is 2.39. The third-order valence-electron chi connectivity index (χ3n) is 8.41. The molecule has 5 rings (SSSR count). The summed E-state index contributed by atoms with van der Waals surface area (Å²) < 4.78 is 32.3. The van der Waals surface area contributed by atoms with Gasteiger partial charge in [0.2, 0.25) is 0 Å². The maximum atomic E-state index is 14.7. The fraction of sp³-hybridized carbons (Fsp3) is 0.613. The number of hydrogen-bond acceptors (Lipinski definition) is 7. The molecule has 3 aliphatic rings. The van der Waals surface area contributed by atoms with Crippen LogP contribution in [0.3, 0.4) is 0 Å². The molecule has 0 saturated carbocycles. The van der Waals surface area contributed by atoms with Gasteiger partial charge in [-0.15, -0.1) is 0 Å². The van der Waals surface area contributed by atoms with Crippen LogP contribution in [-0.2, 0) is 40.1 Å². The van der Waals surface area contributed by atoms with Gasteiger partial charge in [0.1, 0.15) is 23.3 Å². The van der Waals surface area contributed by atoms with E-state index in [1.165, 1.54) is 19.4 Å². The van der Waals surface area contributed by atoms with Crippen molar-refractivity contribution < 1.29 is 28.5 Å². The minimum atomic E-state index is -1.50. The summed E-state index contributed by atoms with van der Waals surface area (Å²) in [5, 5.41) is 13.6. The first-order chi connectivity index (χ1) is 19.2. The Hall–Kier alpha value is -2.75. The SMILES string of the molecule is COc1cc(CCCCO[C@@H]2CCN(C(C(=O)O)c3cccc4c3CC(C(C)(C)F)OC4)C2)nc2c1CCCN2. The summed E-state index contributed by atoms with van der Waals surface area (Å²) in [7, 11) is 1.71. The molecule has 3 atom stereocenters. The molecule has 4 heterocycles. The number of carboxylic acid groups (broad SMARTS) is 1. The molecule has 8 nitrogen and oxygen atoms in total. The molecule has 1 aromatic heterocycles. The van der Waals surface area contributed by atoms with E-state index >= 15 is 0 Å². The summed E-state index contributed by atoms with van der Waals surface area (Å²) in [6.07, 6.45) is 5.34. The van der Waals surface area contributed by atoms with E-state index in [9.17, 15) is 14.3 Å². The fourth-order valence-electron chi connectivity index (χ4n) is 6.21. The lowest BCUT2D eigenvalue weighted by Gasteiger charge is -2.35. The molecular formula is C31H42FN3O5. The Kier molecular flexibility index (Phi) is 8.92. The third-order valence-corrected chi connectivity index (χ3v) is 8.41. The minimum Gasteiger partial charge on any atom is -0.496 e. The number of aryl methyl sites for hydroxylation is 1. The number of aliphatic carboxylic acids is 1. The van der Waals surface area contributed by atoms with Gasteiger partial charge in [0.25, 0.3) is 0 Å². The number of methoxy groups -OCH3 is 1. The van der Waals surface area contributed by atoms with Crippen LogP contribution in [0.25, 0.3) is 0 Å². The Morgan fingerprint density at radius 1 is 1.32 bits per heavy atom. The predicted molar refractivity (Wildman–Crippen MR) is 151 cm³/mol. The fourth-order valence-corrected chi connectivity index (χ4v) is 6.21. The second-order valence-electron chi connectivity index (χ2n) is 11.7. The predicted octanol–water partition coefficient (Wildman–Crippen LogP) is 4.88. The van der Waals surface area contributed by atoms with Crippen molar-refractivity contribution in [3.63, 3.8) is 0 Å². The van der Waals surface area contributed by atoms with Gasteiger partial charge in [-0.1, -0.05) is 18.2 Å². The second-order valence-corrected chi connectivity index (χ2v) is 11.7. The van der Waals surface area contributed by atoms with Gasteiger partial charge in [-0.3, -0.25) is 9.69 Å². The van der Waals surface area contributed by atoms with E-state index in [2.05, 4.69) is 11.4 Å². The van der Waals surface area contributed by atoms with Crippen molar-refractivity contribution in [2.75, 3.05) is 38.7 Å². The zero-order valence-corrected chi connectivity index (χ0v) is 23.9. The van der Waals surface area contributed by atoms with Crippen LogP contribution in [0.5, 0.6) is 5.75 Å². The average Bonchev–Trinajstić information content (AvgIpc) is 3.39. The van der Waals surface area contributed by atoms with Crippen LogP contribution in [0.2, 0.25) is 0 Å². The molecule has 1 saturated heterocycles. The summed E-state index contributed by atoms with van der Waals surface area (Å²) in [5.74, 6) is 0.977. The van der Waals surface area contributed by atoms with Crippen LogP contribution in [0.4, 0.5) is 10.2 Å². The number of carboxylic acids is 1. The highest BCUT2D eigenvalue weighted by Crippen LogP contribution is 2.36. The van der Waals surface area contributed by atoms with Gasteiger partial charge in [-0.25, -0.2) is 9.37 Å². The van der Waals surface area contributed by atoms with Gasteiger partial charge in [0.05, 0.1) is 25.9 Å². The van der Waals surface area contributed by atoms with E-state index in [4.69, 9.17) is 19.2 Å². The number of halogens is 1. The molecule has 3 aliphatic heterocycles. The zero-order chi connectivity index (χ0) is 28.3. The zero-order valence-electron chi connectivity index (χ0n) is 23.9. The van der Waals surface area contributed by atoms with Crippen molar-refractivity contribution in [3.8, 4) is 5.75 Å². The summed E-state index contributed by atoms with van der Waals surface area (Å²) in [6, 6.07) is 6.96. The molecule has 2 N–H and O–H groups in total. The lowest BCUT2D eigenvalue weighted by Crippen LogP contribution is -2.40. The number of unbranched alkanes of at least 4 members (excludes halogenated alkanes) is 1. The van der Waals surface area contributed by atoms with Crippen LogP contribution in [-0.4, -0.2) is 72.2 Å². The number of benzene rings is 1. The number of alkyl halides is 1. The lowest BCUT2D eigenvalue weighted by atomic mass is 9.86. The molecule has 218 valence electrons. The van der Waals surface area contributed by atoms with E-state index < -0.39 is 23.8 Å². The maximum Gasteiger partial charge on any atom is 0.325 e. The quantitative estimate of drug-likeness (QED) is 0.379. The van der Waals surface area contributed by atoms with Crippen molar-refractivity contribution in [1.29, 1.82) is 0 Å². The minimum absolute atomic E-state index is 0.00610.